The first-order valence-electron chi connectivity index (χ1n) is 7.40. The average Bonchev–Trinajstić information content (AvgIpc) is 3.31. The van der Waals surface area contributed by atoms with Gasteiger partial charge in [0.05, 0.1) is 11.6 Å². The molecule has 1 aliphatic heterocycles. The Hall–Kier alpha value is -2.18. The summed E-state index contributed by atoms with van der Waals surface area (Å²) in [5.74, 6) is 1.57. The first kappa shape index (κ1) is 12.6. The van der Waals surface area contributed by atoms with E-state index in [0.29, 0.717) is 11.8 Å². The fourth-order valence-corrected chi connectivity index (χ4v) is 2.93. The summed E-state index contributed by atoms with van der Waals surface area (Å²) in [7, 11) is 1.88. The van der Waals surface area contributed by atoms with E-state index in [0.717, 1.165) is 55.9 Å². The van der Waals surface area contributed by atoms with Crippen molar-refractivity contribution in [3.63, 3.8) is 0 Å². The number of amides is 1. The molecule has 0 radical (unpaired) electrons. The van der Waals surface area contributed by atoms with Gasteiger partial charge < -0.3 is 9.80 Å². The molecule has 0 unspecified atom stereocenters. The number of fused-ring (bicyclic) bond motifs is 1. The topological polar surface area (TPSA) is 67.2 Å². The monoisotopic (exact) mass is 286 g/mol. The molecular formula is C14H18N6O. The molecule has 1 saturated heterocycles. The minimum absolute atomic E-state index is 0.306. The summed E-state index contributed by atoms with van der Waals surface area (Å²) in [6, 6.07) is 0. The third-order valence-corrected chi connectivity index (χ3v) is 4.33. The second-order valence-electron chi connectivity index (χ2n) is 5.79. The molecule has 2 aliphatic rings. The van der Waals surface area contributed by atoms with Crippen LogP contribution in [0.1, 0.15) is 12.8 Å². The lowest BCUT2D eigenvalue weighted by molar-refractivity contribution is -0.132. The molecule has 4 rings (SSSR count). The third-order valence-electron chi connectivity index (χ3n) is 4.33. The number of hydrogen-bond acceptors (Lipinski definition) is 5. The number of carbonyl (C=O) groups excluding carboxylic acids is 1. The van der Waals surface area contributed by atoms with Gasteiger partial charge in [-0.05, 0) is 12.8 Å². The SMILES string of the molecule is Cn1ncc2c(N3CCN(C(=O)C4CC4)CC3)ncnc21. The fraction of sp³-hybridized carbons (Fsp3) is 0.571. The van der Waals surface area contributed by atoms with Crippen LogP contribution in [0.5, 0.6) is 0 Å². The zero-order valence-corrected chi connectivity index (χ0v) is 12.1. The van der Waals surface area contributed by atoms with Crippen molar-refractivity contribution in [1.29, 1.82) is 0 Å². The quantitative estimate of drug-likeness (QED) is 0.800. The van der Waals surface area contributed by atoms with Crippen LogP contribution < -0.4 is 4.90 Å². The maximum atomic E-state index is 12.1. The van der Waals surface area contributed by atoms with Crippen LogP contribution in [0.3, 0.4) is 0 Å². The largest absolute Gasteiger partial charge is 0.352 e. The van der Waals surface area contributed by atoms with Crippen LogP contribution >= 0.6 is 0 Å². The Morgan fingerprint density at radius 2 is 1.95 bits per heavy atom. The molecule has 0 spiro atoms. The summed E-state index contributed by atoms with van der Waals surface area (Å²) in [5, 5.41) is 5.22. The van der Waals surface area contributed by atoms with Crippen LogP contribution in [0.15, 0.2) is 12.5 Å². The Kier molecular flexibility index (Phi) is 2.80. The Morgan fingerprint density at radius 1 is 1.19 bits per heavy atom. The average molecular weight is 286 g/mol. The van der Waals surface area contributed by atoms with Gasteiger partial charge in [-0.25, -0.2) is 9.97 Å². The summed E-state index contributed by atoms with van der Waals surface area (Å²) >= 11 is 0. The van der Waals surface area contributed by atoms with Crippen molar-refractivity contribution in [3.8, 4) is 0 Å². The lowest BCUT2D eigenvalue weighted by Crippen LogP contribution is -2.49. The molecule has 2 aromatic rings. The molecule has 1 aliphatic carbocycles. The third kappa shape index (κ3) is 2.12. The summed E-state index contributed by atoms with van der Waals surface area (Å²) < 4.78 is 1.76. The maximum absolute atomic E-state index is 12.1. The van der Waals surface area contributed by atoms with E-state index in [1.54, 1.807) is 11.0 Å². The molecule has 3 heterocycles. The molecule has 7 heteroatoms. The van der Waals surface area contributed by atoms with E-state index < -0.39 is 0 Å². The molecule has 110 valence electrons. The van der Waals surface area contributed by atoms with Gasteiger partial charge in [0.15, 0.2) is 5.65 Å². The van der Waals surface area contributed by atoms with Gasteiger partial charge in [0, 0.05) is 39.1 Å². The molecule has 7 nitrogen and oxygen atoms in total. The molecule has 1 amide bonds. The van der Waals surface area contributed by atoms with Crippen molar-refractivity contribution < 1.29 is 4.79 Å². The number of piperazine rings is 1. The predicted octanol–water partition coefficient (Wildman–Crippen LogP) is 0.422. The van der Waals surface area contributed by atoms with Gasteiger partial charge in [0.25, 0.3) is 0 Å². The van der Waals surface area contributed by atoms with Crippen molar-refractivity contribution >= 4 is 22.8 Å². The van der Waals surface area contributed by atoms with Crippen LogP contribution in [-0.4, -0.2) is 56.7 Å². The molecule has 2 fully saturated rings. The van der Waals surface area contributed by atoms with Gasteiger partial charge in [-0.1, -0.05) is 0 Å². The molecular weight excluding hydrogens is 268 g/mol. The Labute approximate surface area is 122 Å². The van der Waals surface area contributed by atoms with E-state index in [1.165, 1.54) is 0 Å². The minimum atomic E-state index is 0.306. The zero-order valence-electron chi connectivity index (χ0n) is 12.1. The van der Waals surface area contributed by atoms with E-state index in [2.05, 4.69) is 20.0 Å². The Bertz CT molecular complexity index is 684. The number of nitrogens with zero attached hydrogens (tertiary/aromatic N) is 6. The molecule has 0 bridgehead atoms. The first-order valence-corrected chi connectivity index (χ1v) is 7.40. The van der Waals surface area contributed by atoms with Gasteiger partial charge in [-0.15, -0.1) is 0 Å². The summed E-state index contributed by atoms with van der Waals surface area (Å²) in [5.41, 5.74) is 0.844. The smallest absolute Gasteiger partial charge is 0.225 e. The van der Waals surface area contributed by atoms with Crippen molar-refractivity contribution in [2.45, 2.75) is 12.8 Å². The molecule has 0 aromatic carbocycles. The van der Waals surface area contributed by atoms with E-state index >= 15 is 0 Å². The standard InChI is InChI=1S/C14H18N6O/c1-18-12-11(8-17-18)13(16-9-15-12)19-4-6-20(7-5-19)14(21)10-2-3-10/h8-10H,2-7H2,1H3. The van der Waals surface area contributed by atoms with Crippen molar-refractivity contribution in [3.05, 3.63) is 12.5 Å². The fourth-order valence-electron chi connectivity index (χ4n) is 2.93. The second kappa shape index (κ2) is 4.68. The predicted molar refractivity (Wildman–Crippen MR) is 77.8 cm³/mol. The highest BCUT2D eigenvalue weighted by atomic mass is 16.2. The molecule has 0 N–H and O–H groups in total. The summed E-state index contributed by atoms with van der Waals surface area (Å²) in [4.78, 5) is 25.0. The van der Waals surface area contributed by atoms with E-state index in [9.17, 15) is 4.79 Å². The second-order valence-corrected chi connectivity index (χ2v) is 5.79. The highest BCUT2D eigenvalue weighted by Crippen LogP contribution is 2.31. The lowest BCUT2D eigenvalue weighted by Gasteiger charge is -2.35. The van der Waals surface area contributed by atoms with E-state index in [-0.39, 0.29) is 0 Å². The molecule has 2 aromatic heterocycles. The molecule has 21 heavy (non-hydrogen) atoms. The van der Waals surface area contributed by atoms with E-state index in [1.807, 2.05) is 18.1 Å². The zero-order chi connectivity index (χ0) is 14.4. The normalized spacial score (nSPS) is 19.3. The highest BCUT2D eigenvalue weighted by Gasteiger charge is 2.34. The van der Waals surface area contributed by atoms with Gasteiger partial charge in [0.1, 0.15) is 12.1 Å². The number of anilines is 1. The maximum Gasteiger partial charge on any atom is 0.225 e. The van der Waals surface area contributed by atoms with Gasteiger partial charge in [-0.3, -0.25) is 9.48 Å². The van der Waals surface area contributed by atoms with Crippen LogP contribution in [0.25, 0.3) is 11.0 Å². The van der Waals surface area contributed by atoms with Gasteiger partial charge in [-0.2, -0.15) is 5.10 Å². The summed E-state index contributed by atoms with van der Waals surface area (Å²) in [6.07, 6.45) is 5.54. The summed E-state index contributed by atoms with van der Waals surface area (Å²) in [6.45, 7) is 3.20. The number of hydrogen-bond donors (Lipinski definition) is 0. The lowest BCUT2D eigenvalue weighted by atomic mass is 10.2. The van der Waals surface area contributed by atoms with Crippen LogP contribution in [-0.2, 0) is 11.8 Å². The molecule has 0 atom stereocenters. The first-order chi connectivity index (χ1) is 10.2. The van der Waals surface area contributed by atoms with Crippen LogP contribution in [0.4, 0.5) is 5.82 Å². The number of carbonyl (C=O) groups is 1. The van der Waals surface area contributed by atoms with Crippen molar-refractivity contribution in [1.82, 2.24) is 24.6 Å². The Balaban J connectivity index is 1.53. The minimum Gasteiger partial charge on any atom is -0.352 e. The van der Waals surface area contributed by atoms with E-state index in [4.69, 9.17) is 0 Å². The van der Waals surface area contributed by atoms with Crippen molar-refractivity contribution in [2.75, 3.05) is 31.1 Å². The number of rotatable bonds is 2. The number of aryl methyl sites for hydroxylation is 1. The highest BCUT2D eigenvalue weighted by molar-refractivity contribution is 5.87. The van der Waals surface area contributed by atoms with Crippen molar-refractivity contribution in [2.24, 2.45) is 13.0 Å². The Morgan fingerprint density at radius 3 is 2.67 bits per heavy atom. The number of aromatic nitrogens is 4. The van der Waals surface area contributed by atoms with Crippen LogP contribution in [0.2, 0.25) is 0 Å². The van der Waals surface area contributed by atoms with Gasteiger partial charge in [0.2, 0.25) is 5.91 Å². The van der Waals surface area contributed by atoms with Crippen LogP contribution in [0, 0.1) is 5.92 Å². The molecule has 1 saturated carbocycles. The van der Waals surface area contributed by atoms with Gasteiger partial charge >= 0.3 is 0 Å².